The zero-order chi connectivity index (χ0) is 12.7. The fourth-order valence-corrected chi connectivity index (χ4v) is 3.32. The SMILES string of the molecule is CCC(N)C(SCCC(C)C)c1ccncc1. The van der Waals surface area contributed by atoms with Crippen molar-refractivity contribution in [1.82, 2.24) is 4.98 Å². The highest BCUT2D eigenvalue weighted by Gasteiger charge is 2.18. The predicted octanol–water partition coefficient (Wildman–Crippen LogP) is 3.64. The summed E-state index contributed by atoms with van der Waals surface area (Å²) in [4.78, 5) is 4.07. The maximum absolute atomic E-state index is 6.22. The molecule has 0 saturated carbocycles. The highest BCUT2D eigenvalue weighted by Crippen LogP contribution is 2.33. The Hall–Kier alpha value is -0.540. The van der Waals surface area contributed by atoms with Gasteiger partial charge in [0.2, 0.25) is 0 Å². The Morgan fingerprint density at radius 1 is 1.29 bits per heavy atom. The molecule has 0 aromatic carbocycles. The molecule has 0 fully saturated rings. The number of pyridine rings is 1. The summed E-state index contributed by atoms with van der Waals surface area (Å²) in [5.74, 6) is 1.94. The summed E-state index contributed by atoms with van der Waals surface area (Å²) in [6, 6.07) is 4.40. The Morgan fingerprint density at radius 3 is 2.47 bits per heavy atom. The van der Waals surface area contributed by atoms with Gasteiger partial charge in [-0.3, -0.25) is 4.98 Å². The van der Waals surface area contributed by atoms with Gasteiger partial charge in [0.1, 0.15) is 0 Å². The van der Waals surface area contributed by atoms with Crippen molar-refractivity contribution in [2.24, 2.45) is 11.7 Å². The Labute approximate surface area is 109 Å². The molecular formula is C14H24N2S. The minimum absolute atomic E-state index is 0.231. The minimum atomic E-state index is 0.231. The van der Waals surface area contributed by atoms with Gasteiger partial charge in [0.25, 0.3) is 0 Å². The van der Waals surface area contributed by atoms with Crippen LogP contribution < -0.4 is 5.73 Å². The Bertz CT molecular complexity index is 300. The number of hydrogen-bond donors (Lipinski definition) is 1. The van der Waals surface area contributed by atoms with Gasteiger partial charge in [-0.15, -0.1) is 0 Å². The van der Waals surface area contributed by atoms with Crippen LogP contribution >= 0.6 is 11.8 Å². The molecule has 1 aromatic rings. The van der Waals surface area contributed by atoms with E-state index >= 15 is 0 Å². The number of aromatic nitrogens is 1. The summed E-state index contributed by atoms with van der Waals surface area (Å²) < 4.78 is 0. The van der Waals surface area contributed by atoms with Crippen molar-refractivity contribution in [3.05, 3.63) is 30.1 Å². The average Bonchev–Trinajstić information content (AvgIpc) is 2.34. The van der Waals surface area contributed by atoms with Gasteiger partial charge in [-0.1, -0.05) is 20.8 Å². The summed E-state index contributed by atoms with van der Waals surface area (Å²) >= 11 is 1.98. The minimum Gasteiger partial charge on any atom is -0.326 e. The molecular weight excluding hydrogens is 228 g/mol. The fraction of sp³-hybridized carbons (Fsp3) is 0.643. The summed E-state index contributed by atoms with van der Waals surface area (Å²) in [5.41, 5.74) is 7.53. The van der Waals surface area contributed by atoms with Crippen LogP contribution in [-0.2, 0) is 0 Å². The molecule has 0 aliphatic carbocycles. The van der Waals surface area contributed by atoms with Crippen LogP contribution in [0.3, 0.4) is 0 Å². The first-order chi connectivity index (χ1) is 8.15. The standard InChI is InChI=1S/C14H24N2S/c1-4-13(15)14(17-10-7-11(2)3)12-5-8-16-9-6-12/h5-6,8-9,11,13-14H,4,7,10,15H2,1-3H3. The quantitative estimate of drug-likeness (QED) is 0.805. The number of nitrogens with two attached hydrogens (primary N) is 1. The summed E-state index contributed by atoms with van der Waals surface area (Å²) in [6.07, 6.45) is 5.98. The third-order valence-corrected chi connectivity index (χ3v) is 4.34. The summed E-state index contributed by atoms with van der Waals surface area (Å²) in [6.45, 7) is 6.69. The monoisotopic (exact) mass is 252 g/mol. The van der Waals surface area contributed by atoms with Gasteiger partial charge in [0.15, 0.2) is 0 Å². The van der Waals surface area contributed by atoms with Crippen molar-refractivity contribution in [3.63, 3.8) is 0 Å². The van der Waals surface area contributed by atoms with Crippen molar-refractivity contribution in [2.45, 2.75) is 44.9 Å². The maximum atomic E-state index is 6.22. The lowest BCUT2D eigenvalue weighted by molar-refractivity contribution is 0.618. The lowest BCUT2D eigenvalue weighted by Gasteiger charge is -2.23. The van der Waals surface area contributed by atoms with E-state index in [2.05, 4.69) is 37.9 Å². The van der Waals surface area contributed by atoms with Gasteiger partial charge in [-0.2, -0.15) is 11.8 Å². The van der Waals surface area contributed by atoms with Crippen molar-refractivity contribution in [1.29, 1.82) is 0 Å². The smallest absolute Gasteiger partial charge is 0.0449 e. The second-order valence-electron chi connectivity index (χ2n) is 4.83. The van der Waals surface area contributed by atoms with E-state index in [1.807, 2.05) is 24.2 Å². The molecule has 1 rings (SSSR count). The van der Waals surface area contributed by atoms with E-state index in [4.69, 9.17) is 5.73 Å². The first-order valence-corrected chi connectivity index (χ1v) is 7.47. The molecule has 2 atom stereocenters. The molecule has 96 valence electrons. The second-order valence-corrected chi connectivity index (χ2v) is 6.08. The van der Waals surface area contributed by atoms with E-state index in [1.165, 1.54) is 17.7 Å². The highest BCUT2D eigenvalue weighted by atomic mass is 32.2. The van der Waals surface area contributed by atoms with E-state index in [-0.39, 0.29) is 6.04 Å². The molecule has 0 spiro atoms. The molecule has 0 amide bonds. The third kappa shape index (κ3) is 5.09. The molecule has 17 heavy (non-hydrogen) atoms. The normalized spacial score (nSPS) is 14.9. The molecule has 0 saturated heterocycles. The first kappa shape index (κ1) is 14.5. The van der Waals surface area contributed by atoms with Gasteiger partial charge in [-0.05, 0) is 42.2 Å². The zero-order valence-corrected chi connectivity index (χ0v) is 11.9. The summed E-state index contributed by atoms with van der Waals surface area (Å²) in [7, 11) is 0. The second kappa shape index (κ2) is 7.72. The molecule has 2 nitrogen and oxygen atoms in total. The molecule has 0 aliphatic rings. The van der Waals surface area contributed by atoms with Crippen LogP contribution in [-0.4, -0.2) is 16.8 Å². The van der Waals surface area contributed by atoms with E-state index in [1.54, 1.807) is 0 Å². The van der Waals surface area contributed by atoms with E-state index in [0.717, 1.165) is 12.3 Å². The lowest BCUT2D eigenvalue weighted by Crippen LogP contribution is -2.26. The van der Waals surface area contributed by atoms with Crippen molar-refractivity contribution in [2.75, 3.05) is 5.75 Å². The van der Waals surface area contributed by atoms with Crippen LogP contribution in [0, 0.1) is 5.92 Å². The summed E-state index contributed by atoms with van der Waals surface area (Å²) in [5, 5.41) is 0.404. The Kier molecular flexibility index (Phi) is 6.60. The maximum Gasteiger partial charge on any atom is 0.0449 e. The third-order valence-electron chi connectivity index (χ3n) is 2.89. The van der Waals surface area contributed by atoms with Crippen LogP contribution in [0.5, 0.6) is 0 Å². The Morgan fingerprint density at radius 2 is 1.94 bits per heavy atom. The number of hydrogen-bond acceptors (Lipinski definition) is 3. The van der Waals surface area contributed by atoms with Crippen LogP contribution in [0.15, 0.2) is 24.5 Å². The van der Waals surface area contributed by atoms with Crippen LogP contribution in [0.25, 0.3) is 0 Å². The highest BCUT2D eigenvalue weighted by molar-refractivity contribution is 7.99. The molecule has 3 heteroatoms. The zero-order valence-electron chi connectivity index (χ0n) is 11.1. The van der Waals surface area contributed by atoms with E-state index in [9.17, 15) is 0 Å². The number of rotatable bonds is 7. The van der Waals surface area contributed by atoms with Gasteiger partial charge in [-0.25, -0.2) is 0 Å². The predicted molar refractivity (Wildman–Crippen MR) is 77.2 cm³/mol. The van der Waals surface area contributed by atoms with Gasteiger partial charge in [0, 0.05) is 23.7 Å². The topological polar surface area (TPSA) is 38.9 Å². The van der Waals surface area contributed by atoms with Crippen molar-refractivity contribution < 1.29 is 0 Å². The molecule has 0 aliphatic heterocycles. The molecule has 0 radical (unpaired) electrons. The van der Waals surface area contributed by atoms with Gasteiger partial charge >= 0.3 is 0 Å². The van der Waals surface area contributed by atoms with Crippen molar-refractivity contribution >= 4 is 11.8 Å². The van der Waals surface area contributed by atoms with Crippen LogP contribution in [0.2, 0.25) is 0 Å². The first-order valence-electron chi connectivity index (χ1n) is 6.42. The lowest BCUT2D eigenvalue weighted by atomic mass is 10.1. The van der Waals surface area contributed by atoms with Crippen LogP contribution in [0.1, 0.15) is 44.4 Å². The van der Waals surface area contributed by atoms with E-state index in [0.29, 0.717) is 5.25 Å². The molecule has 2 unspecified atom stereocenters. The van der Waals surface area contributed by atoms with Gasteiger partial charge < -0.3 is 5.73 Å². The van der Waals surface area contributed by atoms with E-state index < -0.39 is 0 Å². The fourth-order valence-electron chi connectivity index (χ4n) is 1.66. The number of thioether (sulfide) groups is 1. The van der Waals surface area contributed by atoms with Crippen molar-refractivity contribution in [3.8, 4) is 0 Å². The van der Waals surface area contributed by atoms with Crippen LogP contribution in [0.4, 0.5) is 0 Å². The number of nitrogens with zero attached hydrogens (tertiary/aromatic N) is 1. The Balaban J connectivity index is 2.61. The molecule has 2 N–H and O–H groups in total. The van der Waals surface area contributed by atoms with Gasteiger partial charge in [0.05, 0.1) is 0 Å². The largest absolute Gasteiger partial charge is 0.326 e. The molecule has 0 bridgehead atoms. The molecule has 1 heterocycles. The average molecular weight is 252 g/mol. The molecule has 1 aromatic heterocycles.